The molecule has 5 nitrogen and oxygen atoms in total. The Hall–Kier alpha value is -1.88. The molecule has 1 unspecified atom stereocenters. The van der Waals surface area contributed by atoms with Crippen LogP contribution in [0.15, 0.2) is 30.3 Å². The highest BCUT2D eigenvalue weighted by Gasteiger charge is 2.30. The first-order valence-corrected chi connectivity index (χ1v) is 7.79. The SMILES string of the molecule is O=C(O)C1CCN(C(=O)CCCOCCc2ccccc2)C1. The maximum atomic E-state index is 11.9. The third kappa shape index (κ3) is 5.15. The number of ether oxygens (including phenoxy) is 1. The number of benzene rings is 1. The van der Waals surface area contributed by atoms with Crippen molar-refractivity contribution in [3.63, 3.8) is 0 Å². The standard InChI is InChI=1S/C17H23NO4/c19-16(18-10-8-15(13-18)17(20)21)7-4-11-22-12-9-14-5-2-1-3-6-14/h1-3,5-6,15H,4,7-13H2,(H,20,21). The summed E-state index contributed by atoms with van der Waals surface area (Å²) in [6, 6.07) is 10.1. The lowest BCUT2D eigenvalue weighted by atomic mass is 10.1. The molecule has 1 aliphatic rings. The lowest BCUT2D eigenvalue weighted by Crippen LogP contribution is -2.29. The fourth-order valence-electron chi connectivity index (χ4n) is 2.61. The summed E-state index contributed by atoms with van der Waals surface area (Å²) in [5.74, 6) is -1.17. The van der Waals surface area contributed by atoms with Crippen molar-refractivity contribution >= 4 is 11.9 Å². The van der Waals surface area contributed by atoms with Gasteiger partial charge in [0.1, 0.15) is 0 Å². The average molecular weight is 305 g/mol. The predicted octanol–water partition coefficient (Wildman–Crippen LogP) is 1.96. The van der Waals surface area contributed by atoms with Crippen LogP contribution in [0.2, 0.25) is 0 Å². The van der Waals surface area contributed by atoms with Gasteiger partial charge in [-0.05, 0) is 24.8 Å². The smallest absolute Gasteiger partial charge is 0.308 e. The van der Waals surface area contributed by atoms with E-state index in [-0.39, 0.29) is 5.91 Å². The Labute approximate surface area is 130 Å². The van der Waals surface area contributed by atoms with Gasteiger partial charge in [0.05, 0.1) is 12.5 Å². The molecule has 1 saturated heterocycles. The van der Waals surface area contributed by atoms with Crippen LogP contribution in [0.1, 0.15) is 24.8 Å². The summed E-state index contributed by atoms with van der Waals surface area (Å²) in [4.78, 5) is 24.5. The Kier molecular flexibility index (Phi) is 6.40. The molecule has 0 spiro atoms. The molecular weight excluding hydrogens is 282 g/mol. The number of likely N-dealkylation sites (tertiary alicyclic amines) is 1. The molecule has 5 heteroatoms. The summed E-state index contributed by atoms with van der Waals surface area (Å²) < 4.78 is 5.55. The summed E-state index contributed by atoms with van der Waals surface area (Å²) >= 11 is 0. The van der Waals surface area contributed by atoms with E-state index in [2.05, 4.69) is 12.1 Å². The highest BCUT2D eigenvalue weighted by Crippen LogP contribution is 2.17. The number of rotatable bonds is 8. The maximum absolute atomic E-state index is 11.9. The number of hydrogen-bond donors (Lipinski definition) is 1. The summed E-state index contributed by atoms with van der Waals surface area (Å²) in [5.41, 5.74) is 1.25. The van der Waals surface area contributed by atoms with Gasteiger partial charge in [-0.3, -0.25) is 9.59 Å². The molecule has 0 aromatic heterocycles. The Morgan fingerprint density at radius 3 is 2.68 bits per heavy atom. The molecule has 1 aromatic carbocycles. The van der Waals surface area contributed by atoms with E-state index in [1.54, 1.807) is 4.90 Å². The maximum Gasteiger partial charge on any atom is 0.308 e. The van der Waals surface area contributed by atoms with E-state index >= 15 is 0 Å². The van der Waals surface area contributed by atoms with Crippen molar-refractivity contribution in [2.75, 3.05) is 26.3 Å². The fourth-order valence-corrected chi connectivity index (χ4v) is 2.61. The zero-order chi connectivity index (χ0) is 15.8. The van der Waals surface area contributed by atoms with Crippen LogP contribution in [0.4, 0.5) is 0 Å². The highest BCUT2D eigenvalue weighted by molar-refractivity contribution is 5.78. The van der Waals surface area contributed by atoms with E-state index in [1.807, 2.05) is 18.2 Å². The predicted molar refractivity (Wildman–Crippen MR) is 82.5 cm³/mol. The van der Waals surface area contributed by atoms with Gasteiger partial charge in [0.15, 0.2) is 0 Å². The van der Waals surface area contributed by atoms with Crippen LogP contribution in [0.25, 0.3) is 0 Å². The number of hydrogen-bond acceptors (Lipinski definition) is 3. The average Bonchev–Trinajstić information content (AvgIpc) is 3.02. The zero-order valence-corrected chi connectivity index (χ0v) is 12.7. The lowest BCUT2D eigenvalue weighted by Gasteiger charge is -2.15. The quantitative estimate of drug-likeness (QED) is 0.746. The molecule has 22 heavy (non-hydrogen) atoms. The van der Waals surface area contributed by atoms with E-state index in [0.29, 0.717) is 45.6 Å². The normalized spacial score (nSPS) is 17.6. The van der Waals surface area contributed by atoms with Crippen LogP contribution in [-0.2, 0) is 20.7 Å². The Morgan fingerprint density at radius 2 is 2.00 bits per heavy atom. The van der Waals surface area contributed by atoms with E-state index in [9.17, 15) is 9.59 Å². The Bertz CT molecular complexity index is 489. The van der Waals surface area contributed by atoms with Crippen molar-refractivity contribution in [2.24, 2.45) is 5.92 Å². The molecule has 1 fully saturated rings. The molecule has 0 radical (unpaired) electrons. The Balaban J connectivity index is 1.53. The summed E-state index contributed by atoms with van der Waals surface area (Å²) in [6.45, 7) is 2.13. The van der Waals surface area contributed by atoms with Gasteiger partial charge < -0.3 is 14.7 Å². The number of nitrogens with zero attached hydrogens (tertiary/aromatic N) is 1. The lowest BCUT2D eigenvalue weighted by molar-refractivity contribution is -0.141. The first kappa shape index (κ1) is 16.5. The van der Waals surface area contributed by atoms with Gasteiger partial charge >= 0.3 is 5.97 Å². The summed E-state index contributed by atoms with van der Waals surface area (Å²) in [7, 11) is 0. The van der Waals surface area contributed by atoms with Gasteiger partial charge in [-0.2, -0.15) is 0 Å². The van der Waals surface area contributed by atoms with Crippen molar-refractivity contribution in [1.29, 1.82) is 0 Å². The van der Waals surface area contributed by atoms with Gasteiger partial charge in [0.2, 0.25) is 5.91 Å². The number of carbonyl (C=O) groups excluding carboxylic acids is 1. The van der Waals surface area contributed by atoms with Crippen molar-refractivity contribution < 1.29 is 19.4 Å². The number of carbonyl (C=O) groups is 2. The second kappa shape index (κ2) is 8.54. The minimum Gasteiger partial charge on any atom is -0.481 e. The van der Waals surface area contributed by atoms with E-state index in [1.165, 1.54) is 5.56 Å². The second-order valence-corrected chi connectivity index (χ2v) is 5.62. The molecule has 0 bridgehead atoms. The van der Waals surface area contributed by atoms with E-state index < -0.39 is 11.9 Å². The van der Waals surface area contributed by atoms with E-state index in [0.717, 1.165) is 6.42 Å². The number of amides is 1. The van der Waals surface area contributed by atoms with Gasteiger partial charge in [-0.15, -0.1) is 0 Å². The molecule has 1 amide bonds. The van der Waals surface area contributed by atoms with Gasteiger partial charge in [-0.1, -0.05) is 30.3 Å². The Morgan fingerprint density at radius 1 is 1.23 bits per heavy atom. The first-order chi connectivity index (χ1) is 10.7. The van der Waals surface area contributed by atoms with Crippen LogP contribution in [0.5, 0.6) is 0 Å². The van der Waals surface area contributed by atoms with Crippen LogP contribution in [0.3, 0.4) is 0 Å². The van der Waals surface area contributed by atoms with Gasteiger partial charge in [-0.25, -0.2) is 0 Å². The minimum atomic E-state index is -0.806. The number of carboxylic acid groups (broad SMARTS) is 1. The largest absolute Gasteiger partial charge is 0.481 e. The van der Waals surface area contributed by atoms with Crippen molar-refractivity contribution in [3.8, 4) is 0 Å². The van der Waals surface area contributed by atoms with E-state index in [4.69, 9.17) is 9.84 Å². The van der Waals surface area contributed by atoms with Gasteiger partial charge in [0.25, 0.3) is 0 Å². The first-order valence-electron chi connectivity index (χ1n) is 7.79. The highest BCUT2D eigenvalue weighted by atomic mass is 16.5. The van der Waals surface area contributed by atoms with Crippen molar-refractivity contribution in [3.05, 3.63) is 35.9 Å². The molecular formula is C17H23NO4. The third-order valence-corrected chi connectivity index (χ3v) is 3.95. The molecule has 120 valence electrons. The third-order valence-electron chi connectivity index (χ3n) is 3.95. The van der Waals surface area contributed by atoms with Crippen LogP contribution in [-0.4, -0.2) is 48.2 Å². The topological polar surface area (TPSA) is 66.8 Å². The summed E-state index contributed by atoms with van der Waals surface area (Å²) in [5, 5.41) is 8.92. The second-order valence-electron chi connectivity index (χ2n) is 5.62. The molecule has 0 saturated carbocycles. The molecule has 2 rings (SSSR count). The monoisotopic (exact) mass is 305 g/mol. The molecule has 1 aliphatic heterocycles. The molecule has 1 heterocycles. The van der Waals surface area contributed by atoms with Crippen LogP contribution >= 0.6 is 0 Å². The van der Waals surface area contributed by atoms with Crippen molar-refractivity contribution in [2.45, 2.75) is 25.7 Å². The molecule has 1 aromatic rings. The van der Waals surface area contributed by atoms with Crippen LogP contribution < -0.4 is 0 Å². The minimum absolute atomic E-state index is 0.0374. The molecule has 1 N–H and O–H groups in total. The van der Waals surface area contributed by atoms with Crippen molar-refractivity contribution in [1.82, 2.24) is 4.90 Å². The molecule has 1 atom stereocenters. The fraction of sp³-hybridized carbons (Fsp3) is 0.529. The number of aliphatic carboxylic acids is 1. The van der Waals surface area contributed by atoms with Gasteiger partial charge in [0, 0.05) is 26.1 Å². The zero-order valence-electron chi connectivity index (χ0n) is 12.7. The molecule has 0 aliphatic carbocycles. The van der Waals surface area contributed by atoms with Crippen LogP contribution in [0, 0.1) is 5.92 Å². The number of carboxylic acids is 1. The summed E-state index contributed by atoms with van der Waals surface area (Å²) in [6.07, 6.45) is 2.55.